The van der Waals surface area contributed by atoms with E-state index in [0.29, 0.717) is 12.0 Å². The number of aromatic hydroxyl groups is 2. The molecule has 0 amide bonds. The van der Waals surface area contributed by atoms with Gasteiger partial charge in [0.1, 0.15) is 11.6 Å². The summed E-state index contributed by atoms with van der Waals surface area (Å²) in [6.45, 7) is 0. The van der Waals surface area contributed by atoms with Crippen LogP contribution in [0.25, 0.3) is 6.08 Å². The van der Waals surface area contributed by atoms with Crippen molar-refractivity contribution in [2.75, 3.05) is 7.11 Å². The van der Waals surface area contributed by atoms with Gasteiger partial charge >= 0.3 is 5.97 Å². The van der Waals surface area contributed by atoms with E-state index in [0.717, 1.165) is 5.56 Å². The molecule has 2 N–H and O–H groups in total. The maximum atomic E-state index is 12.2. The molecule has 0 saturated carbocycles. The molecule has 6 nitrogen and oxygen atoms in total. The van der Waals surface area contributed by atoms with Crippen molar-refractivity contribution in [1.29, 1.82) is 5.26 Å². The Morgan fingerprint density at radius 2 is 1.92 bits per heavy atom. The Morgan fingerprint density at radius 3 is 2.52 bits per heavy atom. The summed E-state index contributed by atoms with van der Waals surface area (Å²) in [5.74, 6) is -1.48. The van der Waals surface area contributed by atoms with Gasteiger partial charge in [0, 0.05) is 13.5 Å². The Kier molecular flexibility index (Phi) is 6.15. The number of rotatable bonds is 6. The molecule has 6 heteroatoms. The molecule has 0 heterocycles. The summed E-state index contributed by atoms with van der Waals surface area (Å²) in [5, 5.41) is 28.0. The molecule has 0 fully saturated rings. The minimum absolute atomic E-state index is 0.250. The largest absolute Gasteiger partial charge is 0.504 e. The monoisotopic (exact) mass is 339 g/mol. The third-order valence-electron chi connectivity index (χ3n) is 3.40. The standard InChI is InChI=1S/C19H17NO5/c1-24-18(11-13-5-3-2-4-6-13)25-19(23)15(12-20)9-14-7-8-16(21)17(22)10-14/h2-10,18,21-22H,11H2,1H3. The second-order valence-electron chi connectivity index (χ2n) is 5.18. The van der Waals surface area contributed by atoms with Gasteiger partial charge < -0.3 is 19.7 Å². The van der Waals surface area contributed by atoms with Gasteiger partial charge in [-0.3, -0.25) is 0 Å². The Balaban J connectivity index is 2.11. The van der Waals surface area contributed by atoms with Gasteiger partial charge in [0.2, 0.25) is 6.29 Å². The van der Waals surface area contributed by atoms with E-state index in [1.807, 2.05) is 30.3 Å². The van der Waals surface area contributed by atoms with Crippen LogP contribution >= 0.6 is 0 Å². The normalized spacial score (nSPS) is 12.2. The molecule has 0 saturated heterocycles. The van der Waals surface area contributed by atoms with E-state index in [-0.39, 0.29) is 17.1 Å². The maximum Gasteiger partial charge on any atom is 0.351 e. The third kappa shape index (κ3) is 5.09. The SMILES string of the molecule is COC(Cc1ccccc1)OC(=O)C(C#N)=Cc1ccc(O)c(O)c1. The molecule has 2 rings (SSSR count). The Hall–Kier alpha value is -3.30. The van der Waals surface area contributed by atoms with Gasteiger partial charge in [-0.25, -0.2) is 4.79 Å². The zero-order chi connectivity index (χ0) is 18.2. The number of esters is 1. The highest BCUT2D eigenvalue weighted by Gasteiger charge is 2.18. The zero-order valence-electron chi connectivity index (χ0n) is 13.5. The number of carbonyl (C=O) groups is 1. The lowest BCUT2D eigenvalue weighted by atomic mass is 10.1. The Morgan fingerprint density at radius 1 is 1.20 bits per heavy atom. The summed E-state index contributed by atoms with van der Waals surface area (Å²) in [7, 11) is 1.41. The van der Waals surface area contributed by atoms with E-state index in [9.17, 15) is 20.3 Å². The van der Waals surface area contributed by atoms with E-state index in [1.165, 1.54) is 31.4 Å². The first-order valence-electron chi connectivity index (χ1n) is 7.45. The van der Waals surface area contributed by atoms with E-state index in [4.69, 9.17) is 9.47 Å². The van der Waals surface area contributed by atoms with Crippen LogP contribution in [0.2, 0.25) is 0 Å². The highest BCUT2D eigenvalue weighted by Crippen LogP contribution is 2.26. The Labute approximate surface area is 145 Å². The fourth-order valence-electron chi connectivity index (χ4n) is 2.10. The van der Waals surface area contributed by atoms with Gasteiger partial charge in [0.15, 0.2) is 11.5 Å². The number of nitrogens with zero attached hydrogens (tertiary/aromatic N) is 1. The molecule has 0 radical (unpaired) electrons. The number of phenols is 2. The van der Waals surface area contributed by atoms with Crippen molar-refractivity contribution < 1.29 is 24.5 Å². The van der Waals surface area contributed by atoms with Gasteiger partial charge in [-0.15, -0.1) is 0 Å². The molecule has 0 aromatic heterocycles. The predicted octanol–water partition coefficient (Wildman–Crippen LogP) is 2.76. The summed E-state index contributed by atoms with van der Waals surface area (Å²) >= 11 is 0. The molecule has 0 aliphatic rings. The molecule has 0 aliphatic carbocycles. The lowest BCUT2D eigenvalue weighted by molar-refractivity contribution is -0.167. The van der Waals surface area contributed by atoms with Crippen LogP contribution < -0.4 is 0 Å². The number of benzene rings is 2. The zero-order valence-corrected chi connectivity index (χ0v) is 13.5. The average molecular weight is 339 g/mol. The topological polar surface area (TPSA) is 99.8 Å². The van der Waals surface area contributed by atoms with Crippen molar-refractivity contribution in [3.63, 3.8) is 0 Å². The highest BCUT2D eigenvalue weighted by atomic mass is 16.7. The first-order chi connectivity index (χ1) is 12.0. The van der Waals surface area contributed by atoms with Crippen molar-refractivity contribution in [3.8, 4) is 17.6 Å². The smallest absolute Gasteiger partial charge is 0.351 e. The van der Waals surface area contributed by atoms with Crippen LogP contribution in [0.3, 0.4) is 0 Å². The Bertz CT molecular complexity index is 808. The van der Waals surface area contributed by atoms with Crippen molar-refractivity contribution >= 4 is 12.0 Å². The highest BCUT2D eigenvalue weighted by molar-refractivity contribution is 5.98. The quantitative estimate of drug-likeness (QED) is 0.276. The molecular formula is C19H17NO5. The lowest BCUT2D eigenvalue weighted by Gasteiger charge is -2.16. The number of carbonyl (C=O) groups excluding carboxylic acids is 1. The minimum Gasteiger partial charge on any atom is -0.504 e. The minimum atomic E-state index is -0.835. The van der Waals surface area contributed by atoms with Gasteiger partial charge in [-0.2, -0.15) is 5.26 Å². The van der Waals surface area contributed by atoms with Crippen LogP contribution in [0.5, 0.6) is 11.5 Å². The van der Waals surface area contributed by atoms with Gasteiger partial charge in [-0.05, 0) is 29.3 Å². The van der Waals surface area contributed by atoms with Crippen LogP contribution in [-0.2, 0) is 20.7 Å². The fraction of sp³-hybridized carbons (Fsp3) is 0.158. The molecule has 0 spiro atoms. The van der Waals surface area contributed by atoms with Crippen LogP contribution in [0.1, 0.15) is 11.1 Å². The summed E-state index contributed by atoms with van der Waals surface area (Å²) in [6.07, 6.45) is 0.776. The second kappa shape index (κ2) is 8.52. The average Bonchev–Trinajstić information content (AvgIpc) is 2.62. The van der Waals surface area contributed by atoms with E-state index < -0.39 is 12.3 Å². The molecule has 2 aromatic carbocycles. The fourth-order valence-corrected chi connectivity index (χ4v) is 2.10. The summed E-state index contributed by atoms with van der Waals surface area (Å²) < 4.78 is 10.4. The first kappa shape index (κ1) is 18.0. The number of hydrogen-bond acceptors (Lipinski definition) is 6. The van der Waals surface area contributed by atoms with Crippen molar-refractivity contribution in [2.45, 2.75) is 12.7 Å². The predicted molar refractivity (Wildman–Crippen MR) is 90.4 cm³/mol. The molecule has 1 unspecified atom stereocenters. The molecule has 128 valence electrons. The number of hydrogen-bond donors (Lipinski definition) is 2. The summed E-state index contributed by atoms with van der Waals surface area (Å²) in [5.41, 5.74) is 1.05. The lowest BCUT2D eigenvalue weighted by Crippen LogP contribution is -2.23. The van der Waals surface area contributed by atoms with Gasteiger partial charge in [0.05, 0.1) is 0 Å². The number of phenolic OH excluding ortho intramolecular Hbond substituents is 2. The van der Waals surface area contributed by atoms with Crippen LogP contribution in [0.15, 0.2) is 54.1 Å². The first-order valence-corrected chi connectivity index (χ1v) is 7.45. The van der Waals surface area contributed by atoms with Gasteiger partial charge in [0.25, 0.3) is 0 Å². The van der Waals surface area contributed by atoms with Crippen molar-refractivity contribution in [1.82, 2.24) is 0 Å². The maximum absolute atomic E-state index is 12.2. The van der Waals surface area contributed by atoms with E-state index >= 15 is 0 Å². The second-order valence-corrected chi connectivity index (χ2v) is 5.18. The van der Waals surface area contributed by atoms with E-state index in [2.05, 4.69) is 0 Å². The number of methoxy groups -OCH3 is 1. The van der Waals surface area contributed by atoms with Crippen molar-refractivity contribution in [2.24, 2.45) is 0 Å². The molecule has 0 aliphatic heterocycles. The number of ether oxygens (including phenoxy) is 2. The van der Waals surface area contributed by atoms with Gasteiger partial charge in [-0.1, -0.05) is 36.4 Å². The molecule has 1 atom stereocenters. The van der Waals surface area contributed by atoms with Crippen LogP contribution in [0.4, 0.5) is 0 Å². The molecular weight excluding hydrogens is 322 g/mol. The third-order valence-corrected chi connectivity index (χ3v) is 3.40. The van der Waals surface area contributed by atoms with Crippen molar-refractivity contribution in [3.05, 3.63) is 65.2 Å². The van der Waals surface area contributed by atoms with Crippen LogP contribution in [-0.4, -0.2) is 29.6 Å². The summed E-state index contributed by atoms with van der Waals surface area (Å²) in [4.78, 5) is 12.2. The molecule has 0 bridgehead atoms. The number of nitriles is 1. The summed E-state index contributed by atoms with van der Waals surface area (Å²) in [6, 6.07) is 15.1. The van der Waals surface area contributed by atoms with Crippen LogP contribution in [0, 0.1) is 11.3 Å². The molecule has 25 heavy (non-hydrogen) atoms. The van der Waals surface area contributed by atoms with E-state index in [1.54, 1.807) is 6.07 Å². The molecule has 2 aromatic rings.